The molecule has 2 aromatic rings. The second-order valence-corrected chi connectivity index (χ2v) is 7.04. The summed E-state index contributed by atoms with van der Waals surface area (Å²) in [5.41, 5.74) is 2.74. The molecule has 0 saturated carbocycles. The number of benzene rings is 1. The van der Waals surface area contributed by atoms with Gasteiger partial charge in [-0.05, 0) is 31.4 Å². The first-order chi connectivity index (χ1) is 10.1. The standard InChI is InChI=1S/C17H22N2OS/c1-13-5-3-4-6-16(13)17(20)8-10-19(12-17)9-7-15-11-21-14(2)18-15/h3-6,11,20H,7-10,12H2,1-2H3. The van der Waals surface area contributed by atoms with E-state index in [2.05, 4.69) is 34.3 Å². The van der Waals surface area contributed by atoms with Gasteiger partial charge in [-0.1, -0.05) is 24.3 Å². The topological polar surface area (TPSA) is 36.4 Å². The van der Waals surface area contributed by atoms with Crippen LogP contribution in [0, 0.1) is 13.8 Å². The van der Waals surface area contributed by atoms with E-state index in [9.17, 15) is 5.11 Å². The SMILES string of the molecule is Cc1nc(CCN2CCC(O)(c3ccccc3C)C2)cs1. The molecule has 0 bridgehead atoms. The van der Waals surface area contributed by atoms with Crippen LogP contribution in [0.4, 0.5) is 0 Å². The highest BCUT2D eigenvalue weighted by molar-refractivity contribution is 7.09. The van der Waals surface area contributed by atoms with Crippen molar-refractivity contribution < 1.29 is 5.11 Å². The summed E-state index contributed by atoms with van der Waals surface area (Å²) < 4.78 is 0. The van der Waals surface area contributed by atoms with Gasteiger partial charge >= 0.3 is 0 Å². The van der Waals surface area contributed by atoms with Crippen LogP contribution in [0.3, 0.4) is 0 Å². The fraction of sp³-hybridized carbons (Fsp3) is 0.471. The van der Waals surface area contributed by atoms with Crippen molar-refractivity contribution in [1.82, 2.24) is 9.88 Å². The number of thiazole rings is 1. The zero-order valence-electron chi connectivity index (χ0n) is 12.7. The Labute approximate surface area is 130 Å². The summed E-state index contributed by atoms with van der Waals surface area (Å²) in [5, 5.41) is 14.2. The second-order valence-electron chi connectivity index (χ2n) is 5.98. The van der Waals surface area contributed by atoms with Crippen molar-refractivity contribution in [3.05, 3.63) is 51.5 Å². The first-order valence-electron chi connectivity index (χ1n) is 7.49. The molecule has 1 atom stereocenters. The monoisotopic (exact) mass is 302 g/mol. The van der Waals surface area contributed by atoms with Gasteiger partial charge in [0.15, 0.2) is 0 Å². The molecule has 112 valence electrons. The van der Waals surface area contributed by atoms with Crippen molar-refractivity contribution in [2.45, 2.75) is 32.3 Å². The minimum Gasteiger partial charge on any atom is -0.384 e. The summed E-state index contributed by atoms with van der Waals surface area (Å²) in [4.78, 5) is 6.86. The van der Waals surface area contributed by atoms with Crippen molar-refractivity contribution >= 4 is 11.3 Å². The quantitative estimate of drug-likeness (QED) is 0.943. The lowest BCUT2D eigenvalue weighted by molar-refractivity contribution is 0.0456. The van der Waals surface area contributed by atoms with Gasteiger partial charge in [-0.15, -0.1) is 11.3 Å². The van der Waals surface area contributed by atoms with Gasteiger partial charge in [-0.2, -0.15) is 0 Å². The summed E-state index contributed by atoms with van der Waals surface area (Å²) in [6, 6.07) is 8.18. The molecule has 1 saturated heterocycles. The highest BCUT2D eigenvalue weighted by atomic mass is 32.1. The molecule has 1 fully saturated rings. The Morgan fingerprint density at radius 1 is 1.33 bits per heavy atom. The highest BCUT2D eigenvalue weighted by Gasteiger charge is 2.38. The molecule has 1 unspecified atom stereocenters. The van der Waals surface area contributed by atoms with Crippen LogP contribution in [0.15, 0.2) is 29.6 Å². The molecule has 2 heterocycles. The number of aromatic nitrogens is 1. The Kier molecular flexibility index (Phi) is 4.11. The summed E-state index contributed by atoms with van der Waals surface area (Å²) in [6.07, 6.45) is 1.78. The van der Waals surface area contributed by atoms with Crippen molar-refractivity contribution in [1.29, 1.82) is 0 Å². The predicted molar refractivity (Wildman–Crippen MR) is 86.7 cm³/mol. The number of β-amino-alcohol motifs (C(OH)–C–C–N with tert-alkyl or cyclic N) is 1. The van der Waals surface area contributed by atoms with E-state index in [0.717, 1.165) is 43.0 Å². The number of likely N-dealkylation sites (tertiary alicyclic amines) is 1. The minimum atomic E-state index is -0.691. The Hall–Kier alpha value is -1.23. The first-order valence-corrected chi connectivity index (χ1v) is 8.37. The fourth-order valence-electron chi connectivity index (χ4n) is 3.17. The van der Waals surface area contributed by atoms with E-state index in [1.54, 1.807) is 11.3 Å². The molecule has 21 heavy (non-hydrogen) atoms. The van der Waals surface area contributed by atoms with Crippen LogP contribution in [0.1, 0.15) is 28.2 Å². The van der Waals surface area contributed by atoms with Crippen LogP contribution in [0.5, 0.6) is 0 Å². The molecule has 0 radical (unpaired) electrons. The number of hydrogen-bond donors (Lipinski definition) is 1. The molecule has 1 aliphatic rings. The molecule has 0 aliphatic carbocycles. The zero-order chi connectivity index (χ0) is 14.9. The van der Waals surface area contributed by atoms with Gasteiger partial charge in [0.2, 0.25) is 0 Å². The molecular weight excluding hydrogens is 280 g/mol. The fourth-order valence-corrected chi connectivity index (χ4v) is 3.82. The third-order valence-corrected chi connectivity index (χ3v) is 5.15. The Morgan fingerprint density at radius 2 is 2.14 bits per heavy atom. The lowest BCUT2D eigenvalue weighted by atomic mass is 9.89. The van der Waals surface area contributed by atoms with Crippen molar-refractivity contribution in [3.8, 4) is 0 Å². The Balaban J connectivity index is 1.63. The molecule has 3 rings (SSSR count). The molecule has 3 nitrogen and oxygen atoms in total. The molecule has 0 amide bonds. The predicted octanol–water partition coefficient (Wildman–Crippen LogP) is 2.90. The maximum absolute atomic E-state index is 11.0. The minimum absolute atomic E-state index is 0.691. The average Bonchev–Trinajstić information content (AvgIpc) is 3.04. The second kappa shape index (κ2) is 5.87. The van der Waals surface area contributed by atoms with Crippen molar-refractivity contribution in [3.63, 3.8) is 0 Å². The van der Waals surface area contributed by atoms with E-state index < -0.39 is 5.60 Å². The molecule has 1 N–H and O–H groups in total. The van der Waals surface area contributed by atoms with Gasteiger partial charge in [0.1, 0.15) is 5.60 Å². The molecule has 1 aromatic heterocycles. The number of nitrogens with zero attached hydrogens (tertiary/aromatic N) is 2. The summed E-state index contributed by atoms with van der Waals surface area (Å²) >= 11 is 1.71. The molecular formula is C17H22N2OS. The van der Waals surface area contributed by atoms with E-state index in [0.29, 0.717) is 0 Å². The van der Waals surface area contributed by atoms with Gasteiger partial charge in [0.25, 0.3) is 0 Å². The van der Waals surface area contributed by atoms with Gasteiger partial charge in [-0.3, -0.25) is 4.90 Å². The normalized spacial score (nSPS) is 22.8. The summed E-state index contributed by atoms with van der Waals surface area (Å²) in [5.74, 6) is 0. The van der Waals surface area contributed by atoms with E-state index >= 15 is 0 Å². The number of rotatable bonds is 4. The lowest BCUT2D eigenvalue weighted by Gasteiger charge is -2.25. The van der Waals surface area contributed by atoms with Gasteiger partial charge in [0, 0.05) is 31.4 Å². The van der Waals surface area contributed by atoms with Gasteiger partial charge in [0.05, 0.1) is 10.7 Å². The molecule has 0 spiro atoms. The van der Waals surface area contributed by atoms with Gasteiger partial charge < -0.3 is 5.11 Å². The lowest BCUT2D eigenvalue weighted by Crippen LogP contribution is -2.32. The van der Waals surface area contributed by atoms with Crippen molar-refractivity contribution in [2.24, 2.45) is 0 Å². The average molecular weight is 302 g/mol. The first kappa shape index (κ1) is 14.7. The third-order valence-electron chi connectivity index (χ3n) is 4.32. The van der Waals surface area contributed by atoms with E-state index in [4.69, 9.17) is 0 Å². The van der Waals surface area contributed by atoms with Crippen LogP contribution >= 0.6 is 11.3 Å². The van der Waals surface area contributed by atoms with Crippen LogP contribution in [-0.2, 0) is 12.0 Å². The van der Waals surface area contributed by atoms with E-state index in [-0.39, 0.29) is 0 Å². The van der Waals surface area contributed by atoms with E-state index in [1.165, 1.54) is 11.3 Å². The van der Waals surface area contributed by atoms with E-state index in [1.807, 2.05) is 19.1 Å². The van der Waals surface area contributed by atoms with Gasteiger partial charge in [-0.25, -0.2) is 4.98 Å². The highest BCUT2D eigenvalue weighted by Crippen LogP contribution is 2.33. The molecule has 1 aromatic carbocycles. The van der Waals surface area contributed by atoms with Crippen LogP contribution in [0.2, 0.25) is 0 Å². The summed E-state index contributed by atoms with van der Waals surface area (Å²) in [7, 11) is 0. The smallest absolute Gasteiger partial charge is 0.104 e. The van der Waals surface area contributed by atoms with Crippen LogP contribution < -0.4 is 0 Å². The molecule has 4 heteroatoms. The number of aliphatic hydroxyl groups is 1. The van der Waals surface area contributed by atoms with Crippen molar-refractivity contribution in [2.75, 3.05) is 19.6 Å². The van der Waals surface area contributed by atoms with Crippen LogP contribution in [0.25, 0.3) is 0 Å². The maximum Gasteiger partial charge on any atom is 0.104 e. The number of aryl methyl sites for hydroxylation is 2. The zero-order valence-corrected chi connectivity index (χ0v) is 13.5. The third kappa shape index (κ3) is 3.18. The Morgan fingerprint density at radius 3 is 2.86 bits per heavy atom. The Bertz CT molecular complexity index is 625. The number of hydrogen-bond acceptors (Lipinski definition) is 4. The molecule has 1 aliphatic heterocycles. The van der Waals surface area contributed by atoms with Crippen LogP contribution in [-0.4, -0.2) is 34.6 Å². The maximum atomic E-state index is 11.0. The largest absolute Gasteiger partial charge is 0.384 e. The summed E-state index contributed by atoms with van der Waals surface area (Å²) in [6.45, 7) is 6.77.